The average Bonchev–Trinajstić information content (AvgIpc) is 2.71. The molecule has 1 heterocycles. The maximum atomic E-state index is 12.6. The highest BCUT2D eigenvalue weighted by Gasteiger charge is 2.26. The zero-order valence-corrected chi connectivity index (χ0v) is 17.1. The summed E-state index contributed by atoms with van der Waals surface area (Å²) in [4.78, 5) is 12.6. The number of amides is 1. The summed E-state index contributed by atoms with van der Waals surface area (Å²) >= 11 is 0. The molecule has 1 fully saturated rings. The van der Waals surface area contributed by atoms with E-state index in [4.69, 9.17) is 0 Å². The van der Waals surface area contributed by atoms with Crippen molar-refractivity contribution < 1.29 is 13.2 Å². The Kier molecular flexibility index (Phi) is 6.73. The van der Waals surface area contributed by atoms with Crippen LogP contribution in [0, 0.1) is 5.92 Å². The molecule has 28 heavy (non-hydrogen) atoms. The molecule has 0 bridgehead atoms. The van der Waals surface area contributed by atoms with Crippen LogP contribution in [0.2, 0.25) is 0 Å². The highest BCUT2D eigenvalue weighted by molar-refractivity contribution is 7.92. The van der Waals surface area contributed by atoms with E-state index in [9.17, 15) is 13.2 Å². The monoisotopic (exact) mass is 400 g/mol. The van der Waals surface area contributed by atoms with Crippen LogP contribution < -0.4 is 9.62 Å². The molecule has 3 rings (SSSR count). The summed E-state index contributed by atoms with van der Waals surface area (Å²) in [6.45, 7) is 3.19. The second-order valence-corrected chi connectivity index (χ2v) is 9.33. The quantitative estimate of drug-likeness (QED) is 0.772. The smallest absolute Gasteiger partial charge is 0.251 e. The average molecular weight is 401 g/mol. The standard InChI is InChI=1S/C22H28N2O3S/c1-2-18(15-19-9-4-3-5-10-19)17-23-22(25)20-11-8-12-21(16-20)24-13-6-7-14-28(24,26)27/h3-5,8-12,16,18H,2,6-7,13-15,17H2,1H3,(H,23,25)/t18-/m0/s1. The van der Waals surface area contributed by atoms with Crippen molar-refractivity contribution in [1.82, 2.24) is 5.32 Å². The van der Waals surface area contributed by atoms with Crippen molar-refractivity contribution in [2.75, 3.05) is 23.1 Å². The molecule has 2 aromatic carbocycles. The third-order valence-corrected chi connectivity index (χ3v) is 7.11. The second-order valence-electron chi connectivity index (χ2n) is 7.32. The van der Waals surface area contributed by atoms with Crippen molar-refractivity contribution in [2.24, 2.45) is 5.92 Å². The molecule has 0 aliphatic carbocycles. The summed E-state index contributed by atoms with van der Waals surface area (Å²) < 4.78 is 26.1. The summed E-state index contributed by atoms with van der Waals surface area (Å²) in [7, 11) is -3.28. The lowest BCUT2D eigenvalue weighted by Crippen LogP contribution is -2.38. The van der Waals surface area contributed by atoms with Crippen molar-refractivity contribution in [1.29, 1.82) is 0 Å². The third kappa shape index (κ3) is 5.13. The van der Waals surface area contributed by atoms with Crippen LogP contribution in [0.1, 0.15) is 42.1 Å². The van der Waals surface area contributed by atoms with Gasteiger partial charge in [0.15, 0.2) is 0 Å². The molecule has 1 aliphatic heterocycles. The van der Waals surface area contributed by atoms with Gasteiger partial charge in [-0.25, -0.2) is 8.42 Å². The van der Waals surface area contributed by atoms with Gasteiger partial charge in [0.1, 0.15) is 0 Å². The first-order chi connectivity index (χ1) is 13.5. The Morgan fingerprint density at radius 2 is 1.89 bits per heavy atom. The third-order valence-electron chi connectivity index (χ3n) is 5.24. The van der Waals surface area contributed by atoms with Gasteiger partial charge in [-0.15, -0.1) is 0 Å². The maximum absolute atomic E-state index is 12.6. The van der Waals surface area contributed by atoms with E-state index in [2.05, 4.69) is 24.4 Å². The Bertz CT molecular complexity index is 897. The van der Waals surface area contributed by atoms with Gasteiger partial charge in [-0.2, -0.15) is 0 Å². The Hall–Kier alpha value is -2.34. The van der Waals surface area contributed by atoms with Crippen molar-refractivity contribution >= 4 is 21.6 Å². The Morgan fingerprint density at radius 3 is 2.61 bits per heavy atom. The molecule has 5 nitrogen and oxygen atoms in total. The molecule has 1 N–H and O–H groups in total. The Balaban J connectivity index is 1.64. The molecule has 6 heteroatoms. The van der Waals surface area contributed by atoms with Crippen molar-refractivity contribution in [2.45, 2.75) is 32.6 Å². The first kappa shape index (κ1) is 20.4. The molecule has 1 amide bonds. The van der Waals surface area contributed by atoms with E-state index in [-0.39, 0.29) is 11.7 Å². The van der Waals surface area contributed by atoms with Gasteiger partial charge < -0.3 is 5.32 Å². The Morgan fingerprint density at radius 1 is 1.11 bits per heavy atom. The van der Waals surface area contributed by atoms with Crippen LogP contribution in [0.5, 0.6) is 0 Å². The van der Waals surface area contributed by atoms with Gasteiger partial charge in [-0.3, -0.25) is 9.10 Å². The van der Waals surface area contributed by atoms with E-state index in [1.54, 1.807) is 24.3 Å². The minimum Gasteiger partial charge on any atom is -0.352 e. The van der Waals surface area contributed by atoms with Crippen molar-refractivity contribution in [3.63, 3.8) is 0 Å². The van der Waals surface area contributed by atoms with Gasteiger partial charge >= 0.3 is 0 Å². The van der Waals surface area contributed by atoms with Gasteiger partial charge in [0.2, 0.25) is 10.0 Å². The zero-order chi connectivity index (χ0) is 20.0. The minimum atomic E-state index is -3.28. The summed E-state index contributed by atoms with van der Waals surface area (Å²) in [6.07, 6.45) is 3.43. The SMILES string of the molecule is CC[C@H](CNC(=O)c1cccc(N2CCCCS2(=O)=O)c1)Cc1ccccc1. The van der Waals surface area contributed by atoms with Crippen LogP contribution >= 0.6 is 0 Å². The first-order valence-electron chi connectivity index (χ1n) is 9.92. The normalized spacial score (nSPS) is 17.1. The van der Waals surface area contributed by atoms with Crippen LogP contribution in [0.4, 0.5) is 5.69 Å². The van der Waals surface area contributed by atoms with E-state index in [0.717, 1.165) is 19.3 Å². The van der Waals surface area contributed by atoms with Crippen molar-refractivity contribution in [3.8, 4) is 0 Å². The van der Waals surface area contributed by atoms with Crippen LogP contribution in [-0.4, -0.2) is 33.2 Å². The number of benzene rings is 2. The summed E-state index contributed by atoms with van der Waals surface area (Å²) in [6, 6.07) is 17.2. The number of carbonyl (C=O) groups is 1. The molecular formula is C22H28N2O3S. The molecule has 0 saturated carbocycles. The molecule has 0 unspecified atom stereocenters. The number of anilines is 1. The molecule has 150 valence electrons. The van der Waals surface area contributed by atoms with Gasteiger partial charge in [0.05, 0.1) is 11.4 Å². The number of carbonyl (C=O) groups excluding carboxylic acids is 1. The number of sulfonamides is 1. The lowest BCUT2D eigenvalue weighted by Gasteiger charge is -2.28. The van der Waals surface area contributed by atoms with E-state index < -0.39 is 10.0 Å². The predicted octanol–water partition coefficient (Wildman–Crippen LogP) is 3.62. The topological polar surface area (TPSA) is 66.5 Å². The van der Waals surface area contributed by atoms with E-state index in [1.165, 1.54) is 9.87 Å². The number of hydrogen-bond acceptors (Lipinski definition) is 3. The fourth-order valence-corrected chi connectivity index (χ4v) is 5.16. The van der Waals surface area contributed by atoms with Crippen molar-refractivity contribution in [3.05, 3.63) is 65.7 Å². The van der Waals surface area contributed by atoms with E-state index in [1.807, 2.05) is 18.2 Å². The molecule has 1 aliphatic rings. The van der Waals surface area contributed by atoms with E-state index >= 15 is 0 Å². The predicted molar refractivity (Wildman–Crippen MR) is 113 cm³/mol. The van der Waals surface area contributed by atoms with Gasteiger partial charge in [0, 0.05) is 18.7 Å². The molecule has 1 atom stereocenters. The molecule has 2 aromatic rings. The highest BCUT2D eigenvalue weighted by atomic mass is 32.2. The fraction of sp³-hybridized carbons (Fsp3) is 0.409. The molecular weight excluding hydrogens is 372 g/mol. The molecule has 0 spiro atoms. The number of nitrogens with one attached hydrogen (secondary N) is 1. The van der Waals surface area contributed by atoms with E-state index in [0.29, 0.717) is 36.7 Å². The number of nitrogens with zero attached hydrogens (tertiary/aromatic N) is 1. The molecule has 1 saturated heterocycles. The van der Waals surface area contributed by atoms with Crippen LogP contribution in [0.25, 0.3) is 0 Å². The fourth-order valence-electron chi connectivity index (χ4n) is 3.53. The zero-order valence-electron chi connectivity index (χ0n) is 16.3. The largest absolute Gasteiger partial charge is 0.352 e. The summed E-state index contributed by atoms with van der Waals surface area (Å²) in [5.74, 6) is 0.362. The van der Waals surface area contributed by atoms with Gasteiger partial charge in [-0.05, 0) is 48.9 Å². The maximum Gasteiger partial charge on any atom is 0.251 e. The summed E-state index contributed by atoms with van der Waals surface area (Å²) in [5.41, 5.74) is 2.33. The molecule has 0 radical (unpaired) electrons. The van der Waals surface area contributed by atoms with Crippen LogP contribution in [0.15, 0.2) is 54.6 Å². The summed E-state index contributed by atoms with van der Waals surface area (Å²) in [5, 5.41) is 3.01. The lowest BCUT2D eigenvalue weighted by molar-refractivity contribution is 0.0946. The molecule has 0 aromatic heterocycles. The van der Waals surface area contributed by atoms with Crippen LogP contribution in [-0.2, 0) is 16.4 Å². The second kappa shape index (κ2) is 9.24. The highest BCUT2D eigenvalue weighted by Crippen LogP contribution is 2.24. The van der Waals surface area contributed by atoms with Gasteiger partial charge in [0.25, 0.3) is 5.91 Å². The number of rotatable bonds is 7. The lowest BCUT2D eigenvalue weighted by atomic mass is 9.97. The van der Waals surface area contributed by atoms with Gasteiger partial charge in [-0.1, -0.05) is 49.7 Å². The Labute approximate surface area is 167 Å². The number of hydrogen-bond donors (Lipinski definition) is 1. The van der Waals surface area contributed by atoms with Crippen LogP contribution in [0.3, 0.4) is 0 Å². The minimum absolute atomic E-state index is 0.164. The first-order valence-corrected chi connectivity index (χ1v) is 11.5.